The lowest BCUT2D eigenvalue weighted by Crippen LogP contribution is -2.49. The lowest BCUT2D eigenvalue weighted by atomic mass is 9.85. The van der Waals surface area contributed by atoms with Crippen molar-refractivity contribution in [2.45, 2.75) is 51.5 Å². The van der Waals surface area contributed by atoms with Crippen molar-refractivity contribution in [2.75, 3.05) is 18.0 Å². The van der Waals surface area contributed by atoms with Crippen LogP contribution in [0.25, 0.3) is 0 Å². The second-order valence-electron chi connectivity index (χ2n) is 10.7. The predicted octanol–water partition coefficient (Wildman–Crippen LogP) is 6.63. The van der Waals surface area contributed by atoms with Crippen LogP contribution in [0.2, 0.25) is 0 Å². The summed E-state index contributed by atoms with van der Waals surface area (Å²) in [7, 11) is 1.38. The van der Waals surface area contributed by atoms with Crippen LogP contribution in [0.5, 0.6) is 0 Å². The molecule has 0 bridgehead atoms. The lowest BCUT2D eigenvalue weighted by Gasteiger charge is -2.44. The van der Waals surface area contributed by atoms with Crippen LogP contribution >= 0.6 is 0 Å². The van der Waals surface area contributed by atoms with E-state index in [2.05, 4.69) is 21.5 Å². The number of hydrogen-bond acceptors (Lipinski definition) is 6. The van der Waals surface area contributed by atoms with Crippen LogP contribution in [-0.4, -0.2) is 38.2 Å². The Hall–Kier alpha value is -3.87. The van der Waals surface area contributed by atoms with Gasteiger partial charge in [0.1, 0.15) is 0 Å². The van der Waals surface area contributed by atoms with Crippen molar-refractivity contribution in [3.05, 3.63) is 69.8 Å². The number of benzene rings is 2. The van der Waals surface area contributed by atoms with E-state index in [1.165, 1.54) is 18.0 Å². The van der Waals surface area contributed by atoms with E-state index < -0.39 is 59.9 Å². The molecule has 1 aliphatic heterocycles. The number of nitrogens with zero attached hydrogens (tertiary/aromatic N) is 7. The number of halogens is 9. The summed E-state index contributed by atoms with van der Waals surface area (Å²) >= 11 is 0. The summed E-state index contributed by atoms with van der Waals surface area (Å²) in [5.41, 5.74) is -3.89. The first-order chi connectivity index (χ1) is 19.9. The number of anilines is 1. The highest BCUT2D eigenvalue weighted by Crippen LogP contribution is 2.40. The lowest BCUT2D eigenvalue weighted by molar-refractivity contribution is -0.143. The molecule has 1 aromatic heterocycles. The quantitative estimate of drug-likeness (QED) is 0.264. The molecule has 2 heterocycles. The fourth-order valence-electron chi connectivity index (χ4n) is 5.14. The molecular formula is C27H26F9N7. The molecule has 0 spiro atoms. The summed E-state index contributed by atoms with van der Waals surface area (Å²) in [6, 6.07) is 5.95. The van der Waals surface area contributed by atoms with Crippen LogP contribution in [0.4, 0.5) is 45.5 Å². The highest BCUT2D eigenvalue weighted by atomic mass is 19.4. The number of tetrazole rings is 1. The standard InChI is InChI=1S/C27H26F9N7/c1-15(2)23(42-12-17(10-37)13-42)22-5-4-19(25(28,29)30)8-18(22)14-43(24-38-40-41(3)39-24)11-16-6-20(26(31,32)33)9-21(7-16)27(34,35)36/h4-9,15,17,23H,11-14H2,1-3H3/t23-/m1/s1. The molecule has 1 fully saturated rings. The van der Waals surface area contributed by atoms with Crippen LogP contribution in [0.1, 0.15) is 53.3 Å². The average molecular weight is 620 g/mol. The van der Waals surface area contributed by atoms with Crippen molar-refractivity contribution in [2.24, 2.45) is 18.9 Å². The van der Waals surface area contributed by atoms with Gasteiger partial charge in [0.25, 0.3) is 5.95 Å². The first-order valence-electron chi connectivity index (χ1n) is 13.0. The zero-order valence-corrected chi connectivity index (χ0v) is 23.1. The molecule has 3 aromatic rings. The van der Waals surface area contributed by atoms with Gasteiger partial charge in [0.05, 0.1) is 35.7 Å². The highest BCUT2D eigenvalue weighted by molar-refractivity contribution is 5.42. The van der Waals surface area contributed by atoms with Gasteiger partial charge in [0, 0.05) is 32.2 Å². The third-order valence-corrected chi connectivity index (χ3v) is 7.07. The zero-order valence-electron chi connectivity index (χ0n) is 23.1. The van der Waals surface area contributed by atoms with Crippen LogP contribution in [0.15, 0.2) is 36.4 Å². The van der Waals surface area contributed by atoms with Crippen molar-refractivity contribution in [3.63, 3.8) is 0 Å². The van der Waals surface area contributed by atoms with E-state index in [1.54, 1.807) is 0 Å². The number of likely N-dealkylation sites (tertiary alicyclic amines) is 1. The fourth-order valence-corrected chi connectivity index (χ4v) is 5.14. The van der Waals surface area contributed by atoms with Gasteiger partial charge in [0.2, 0.25) is 0 Å². The van der Waals surface area contributed by atoms with Gasteiger partial charge in [-0.2, -0.15) is 49.6 Å². The van der Waals surface area contributed by atoms with E-state index in [9.17, 15) is 44.8 Å². The molecule has 0 unspecified atom stereocenters. The Labute approximate surface area is 240 Å². The molecule has 0 aliphatic carbocycles. The number of alkyl halides is 9. The minimum absolute atomic E-state index is 0.00583. The van der Waals surface area contributed by atoms with E-state index in [4.69, 9.17) is 0 Å². The summed E-state index contributed by atoms with van der Waals surface area (Å²) in [6.07, 6.45) is -14.9. The molecule has 0 radical (unpaired) electrons. The summed E-state index contributed by atoms with van der Waals surface area (Å²) in [4.78, 5) is 4.12. The fraction of sp³-hybridized carbons (Fsp3) is 0.481. The van der Waals surface area contributed by atoms with E-state index in [0.29, 0.717) is 30.8 Å². The van der Waals surface area contributed by atoms with E-state index >= 15 is 0 Å². The number of aromatic nitrogens is 4. The maximum Gasteiger partial charge on any atom is 0.416 e. The van der Waals surface area contributed by atoms with Gasteiger partial charge in [-0.1, -0.05) is 25.0 Å². The third-order valence-electron chi connectivity index (χ3n) is 7.07. The van der Waals surface area contributed by atoms with Gasteiger partial charge in [-0.3, -0.25) is 4.90 Å². The average Bonchev–Trinajstić information content (AvgIpc) is 3.30. The maximum absolute atomic E-state index is 13.8. The summed E-state index contributed by atoms with van der Waals surface area (Å²) < 4.78 is 123. The van der Waals surface area contributed by atoms with Crippen molar-refractivity contribution in [1.82, 2.24) is 25.1 Å². The van der Waals surface area contributed by atoms with Crippen molar-refractivity contribution in [1.29, 1.82) is 5.26 Å². The molecule has 4 rings (SSSR count). The maximum atomic E-state index is 13.8. The molecule has 0 amide bonds. The molecule has 0 saturated carbocycles. The Bertz CT molecular complexity index is 1450. The number of aryl methyl sites for hydroxylation is 1. The van der Waals surface area contributed by atoms with Gasteiger partial charge in [0.15, 0.2) is 0 Å². The largest absolute Gasteiger partial charge is 0.416 e. The van der Waals surface area contributed by atoms with Crippen molar-refractivity contribution < 1.29 is 39.5 Å². The van der Waals surface area contributed by atoms with Gasteiger partial charge in [-0.15, -0.1) is 5.10 Å². The number of hydrogen-bond donors (Lipinski definition) is 0. The van der Waals surface area contributed by atoms with E-state index in [0.717, 1.165) is 16.9 Å². The normalized spacial score (nSPS) is 15.8. The van der Waals surface area contributed by atoms with Crippen LogP contribution in [0, 0.1) is 23.2 Å². The van der Waals surface area contributed by atoms with E-state index in [-0.39, 0.29) is 29.4 Å². The number of rotatable bonds is 8. The molecule has 1 atom stereocenters. The van der Waals surface area contributed by atoms with Crippen LogP contribution in [0.3, 0.4) is 0 Å². The Kier molecular flexibility index (Phi) is 8.70. The van der Waals surface area contributed by atoms with Gasteiger partial charge < -0.3 is 4.90 Å². The minimum Gasteiger partial charge on any atom is -0.330 e. The van der Waals surface area contributed by atoms with E-state index in [1.807, 2.05) is 18.7 Å². The summed E-state index contributed by atoms with van der Waals surface area (Å²) in [5, 5.41) is 20.8. The molecular weight excluding hydrogens is 593 g/mol. The first kappa shape index (κ1) is 32.1. The third kappa shape index (κ3) is 7.38. The Morgan fingerprint density at radius 1 is 0.884 bits per heavy atom. The van der Waals surface area contributed by atoms with Gasteiger partial charge in [-0.05, 0) is 58.2 Å². The first-order valence-corrected chi connectivity index (χ1v) is 13.0. The summed E-state index contributed by atoms with van der Waals surface area (Å²) in [5.74, 6) is -0.592. The monoisotopic (exact) mass is 619 g/mol. The van der Waals surface area contributed by atoms with Crippen LogP contribution in [-0.2, 0) is 38.7 Å². The summed E-state index contributed by atoms with van der Waals surface area (Å²) in [6.45, 7) is 3.48. The van der Waals surface area contributed by atoms with Gasteiger partial charge in [-0.25, -0.2) is 0 Å². The Balaban J connectivity index is 1.82. The Morgan fingerprint density at radius 2 is 1.47 bits per heavy atom. The Morgan fingerprint density at radius 3 is 1.93 bits per heavy atom. The van der Waals surface area contributed by atoms with Crippen molar-refractivity contribution >= 4 is 5.95 Å². The second kappa shape index (κ2) is 11.7. The molecule has 1 saturated heterocycles. The van der Waals surface area contributed by atoms with Gasteiger partial charge >= 0.3 is 18.5 Å². The molecule has 232 valence electrons. The predicted molar refractivity (Wildman–Crippen MR) is 135 cm³/mol. The number of nitriles is 1. The smallest absolute Gasteiger partial charge is 0.330 e. The topological polar surface area (TPSA) is 73.9 Å². The molecule has 43 heavy (non-hydrogen) atoms. The molecule has 1 aliphatic rings. The molecule has 16 heteroatoms. The zero-order chi connectivity index (χ0) is 31.9. The molecule has 7 nitrogen and oxygen atoms in total. The van der Waals surface area contributed by atoms with Crippen molar-refractivity contribution in [3.8, 4) is 6.07 Å². The highest BCUT2D eigenvalue weighted by Gasteiger charge is 2.39. The SMILES string of the molecule is CC(C)[C@H](c1ccc(C(F)(F)F)cc1CN(Cc1cc(C(F)(F)F)cc(C(F)(F)F)c1)c1nnn(C)n1)N1CC(C#N)C1. The molecule has 2 aromatic carbocycles. The molecule has 0 N–H and O–H groups in total. The van der Waals surface area contributed by atoms with Crippen LogP contribution < -0.4 is 4.90 Å². The minimum atomic E-state index is -5.09. The second-order valence-corrected chi connectivity index (χ2v) is 10.7.